The van der Waals surface area contributed by atoms with Crippen molar-refractivity contribution in [1.29, 1.82) is 10.8 Å². The molecule has 0 saturated carbocycles. The Kier molecular flexibility index (Phi) is 2.86. The van der Waals surface area contributed by atoms with Gasteiger partial charge in [-0.2, -0.15) is 0 Å². The van der Waals surface area contributed by atoms with E-state index < -0.39 is 5.92 Å². The van der Waals surface area contributed by atoms with Gasteiger partial charge in [-0.15, -0.1) is 0 Å². The first-order valence-corrected chi connectivity index (χ1v) is 4.26. The van der Waals surface area contributed by atoms with Crippen LogP contribution in [0, 0.1) is 17.7 Å². The molecule has 6 N–H and O–H groups in total. The second kappa shape index (κ2) is 3.91. The monoisotopic (exact) mass is 190 g/mol. The van der Waals surface area contributed by atoms with Crippen molar-refractivity contribution >= 4 is 11.7 Å². The Morgan fingerprint density at radius 3 is 1.86 bits per heavy atom. The number of aryl methyl sites for hydroxylation is 1. The minimum Gasteiger partial charge on any atom is -0.387 e. The molecule has 0 bridgehead atoms. The van der Waals surface area contributed by atoms with E-state index in [4.69, 9.17) is 22.3 Å². The SMILES string of the molecule is Cc1ccc(C(C(=N)N)C(=N)N)cc1. The fourth-order valence-electron chi connectivity index (χ4n) is 1.29. The third-order valence-electron chi connectivity index (χ3n) is 2.03. The molecule has 1 aromatic carbocycles. The number of hydrogen-bond acceptors (Lipinski definition) is 2. The van der Waals surface area contributed by atoms with Gasteiger partial charge < -0.3 is 11.5 Å². The molecule has 0 aliphatic rings. The second-order valence-corrected chi connectivity index (χ2v) is 3.25. The molecular weight excluding hydrogens is 176 g/mol. The predicted molar refractivity (Wildman–Crippen MR) is 57.7 cm³/mol. The molecule has 0 unspecified atom stereocenters. The van der Waals surface area contributed by atoms with Crippen LogP contribution in [0.5, 0.6) is 0 Å². The van der Waals surface area contributed by atoms with Gasteiger partial charge in [-0.1, -0.05) is 29.8 Å². The maximum absolute atomic E-state index is 7.33. The summed E-state index contributed by atoms with van der Waals surface area (Å²) in [5.41, 5.74) is 12.7. The van der Waals surface area contributed by atoms with Crippen LogP contribution >= 0.6 is 0 Å². The number of amidine groups is 2. The smallest absolute Gasteiger partial charge is 0.106 e. The highest BCUT2D eigenvalue weighted by Gasteiger charge is 2.17. The molecular formula is C10H14N4. The molecule has 4 heteroatoms. The van der Waals surface area contributed by atoms with Crippen LogP contribution < -0.4 is 11.5 Å². The van der Waals surface area contributed by atoms with Crippen molar-refractivity contribution in [2.45, 2.75) is 12.8 Å². The van der Waals surface area contributed by atoms with Gasteiger partial charge in [0.05, 0.1) is 5.92 Å². The van der Waals surface area contributed by atoms with E-state index in [1.165, 1.54) is 0 Å². The Labute approximate surface area is 82.9 Å². The first-order valence-electron chi connectivity index (χ1n) is 4.26. The number of nitrogens with one attached hydrogen (secondary N) is 2. The third-order valence-corrected chi connectivity index (χ3v) is 2.03. The van der Waals surface area contributed by atoms with Crippen molar-refractivity contribution in [3.63, 3.8) is 0 Å². The highest BCUT2D eigenvalue weighted by atomic mass is 14.8. The summed E-state index contributed by atoms with van der Waals surface area (Å²) in [5, 5.41) is 14.7. The molecule has 0 aliphatic heterocycles. The Bertz CT molecular complexity index is 339. The van der Waals surface area contributed by atoms with E-state index in [9.17, 15) is 0 Å². The zero-order valence-corrected chi connectivity index (χ0v) is 8.04. The highest BCUT2D eigenvalue weighted by molar-refractivity contribution is 6.06. The van der Waals surface area contributed by atoms with E-state index in [-0.39, 0.29) is 11.7 Å². The van der Waals surface area contributed by atoms with E-state index in [1.807, 2.05) is 31.2 Å². The van der Waals surface area contributed by atoms with Gasteiger partial charge in [-0.25, -0.2) is 0 Å². The van der Waals surface area contributed by atoms with E-state index in [0.29, 0.717) is 0 Å². The van der Waals surface area contributed by atoms with Crippen LogP contribution in [0.4, 0.5) is 0 Å². The van der Waals surface area contributed by atoms with Gasteiger partial charge in [-0.05, 0) is 12.5 Å². The van der Waals surface area contributed by atoms with Gasteiger partial charge >= 0.3 is 0 Å². The topological polar surface area (TPSA) is 99.7 Å². The molecule has 0 heterocycles. The van der Waals surface area contributed by atoms with Crippen molar-refractivity contribution < 1.29 is 0 Å². The van der Waals surface area contributed by atoms with Crippen LogP contribution in [0.25, 0.3) is 0 Å². The zero-order chi connectivity index (χ0) is 10.7. The Morgan fingerprint density at radius 1 is 1.07 bits per heavy atom. The predicted octanol–water partition coefficient (Wildman–Crippen LogP) is 0.951. The Hall–Kier alpha value is -1.84. The van der Waals surface area contributed by atoms with Crippen molar-refractivity contribution in [3.8, 4) is 0 Å². The maximum Gasteiger partial charge on any atom is 0.106 e. The van der Waals surface area contributed by atoms with E-state index in [1.54, 1.807) is 0 Å². The van der Waals surface area contributed by atoms with Crippen molar-refractivity contribution in [1.82, 2.24) is 0 Å². The van der Waals surface area contributed by atoms with Gasteiger partial charge in [0.1, 0.15) is 11.7 Å². The van der Waals surface area contributed by atoms with Crippen molar-refractivity contribution in [2.24, 2.45) is 11.5 Å². The molecule has 4 nitrogen and oxygen atoms in total. The minimum absolute atomic E-state index is 0.0960. The van der Waals surface area contributed by atoms with Crippen LogP contribution in [0.1, 0.15) is 17.0 Å². The summed E-state index contributed by atoms with van der Waals surface area (Å²) in [6.07, 6.45) is 0. The average molecular weight is 190 g/mol. The summed E-state index contributed by atoms with van der Waals surface area (Å²) in [6, 6.07) is 7.49. The molecule has 0 radical (unpaired) electrons. The van der Waals surface area contributed by atoms with Gasteiger partial charge in [0.15, 0.2) is 0 Å². The highest BCUT2D eigenvalue weighted by Crippen LogP contribution is 2.15. The largest absolute Gasteiger partial charge is 0.387 e. The molecule has 1 rings (SSSR count). The molecule has 0 amide bonds. The van der Waals surface area contributed by atoms with Crippen LogP contribution in [0.2, 0.25) is 0 Å². The first kappa shape index (κ1) is 10.2. The lowest BCUT2D eigenvalue weighted by Gasteiger charge is -2.13. The minimum atomic E-state index is -0.587. The summed E-state index contributed by atoms with van der Waals surface area (Å²) < 4.78 is 0. The molecule has 14 heavy (non-hydrogen) atoms. The van der Waals surface area contributed by atoms with Gasteiger partial charge in [0.25, 0.3) is 0 Å². The lowest BCUT2D eigenvalue weighted by Crippen LogP contribution is -2.32. The lowest BCUT2D eigenvalue weighted by molar-refractivity contribution is 1.10. The molecule has 74 valence electrons. The first-order chi connectivity index (χ1) is 6.52. The molecule has 0 atom stereocenters. The van der Waals surface area contributed by atoms with Gasteiger partial charge in [-0.3, -0.25) is 10.8 Å². The van der Waals surface area contributed by atoms with Crippen molar-refractivity contribution in [3.05, 3.63) is 35.4 Å². The number of rotatable bonds is 3. The number of benzene rings is 1. The lowest BCUT2D eigenvalue weighted by atomic mass is 9.96. The van der Waals surface area contributed by atoms with Crippen molar-refractivity contribution in [2.75, 3.05) is 0 Å². The van der Waals surface area contributed by atoms with Gasteiger partial charge in [0.2, 0.25) is 0 Å². The van der Waals surface area contributed by atoms with E-state index >= 15 is 0 Å². The fraction of sp³-hybridized carbons (Fsp3) is 0.200. The maximum atomic E-state index is 7.33. The van der Waals surface area contributed by atoms with Crippen LogP contribution in [0.3, 0.4) is 0 Å². The number of nitrogens with two attached hydrogens (primary N) is 2. The Balaban J connectivity index is 3.06. The summed E-state index contributed by atoms with van der Waals surface area (Å²) in [7, 11) is 0. The second-order valence-electron chi connectivity index (χ2n) is 3.25. The number of hydrogen-bond donors (Lipinski definition) is 4. The van der Waals surface area contributed by atoms with Crippen LogP contribution in [0.15, 0.2) is 24.3 Å². The molecule has 1 aromatic rings. The fourth-order valence-corrected chi connectivity index (χ4v) is 1.29. The standard InChI is InChI=1S/C10H14N4/c1-6-2-4-7(5-3-6)8(9(11)12)10(13)14/h2-5,8H,1H3,(H3,11,12)(H3,13,14). The molecule has 0 fully saturated rings. The molecule has 0 spiro atoms. The normalized spacial score (nSPS) is 12.1. The van der Waals surface area contributed by atoms with Gasteiger partial charge in [0, 0.05) is 0 Å². The average Bonchev–Trinajstić information content (AvgIpc) is 2.07. The summed E-state index contributed by atoms with van der Waals surface area (Å²) in [6.45, 7) is 1.97. The molecule has 0 aliphatic carbocycles. The summed E-state index contributed by atoms with van der Waals surface area (Å²) in [5.74, 6) is -0.779. The van der Waals surface area contributed by atoms with E-state index in [2.05, 4.69) is 0 Å². The third kappa shape index (κ3) is 2.10. The molecule has 0 saturated heterocycles. The van der Waals surface area contributed by atoms with Crippen LogP contribution in [-0.4, -0.2) is 11.7 Å². The summed E-state index contributed by atoms with van der Waals surface area (Å²) in [4.78, 5) is 0. The van der Waals surface area contributed by atoms with E-state index in [0.717, 1.165) is 11.1 Å². The Morgan fingerprint density at radius 2 is 1.50 bits per heavy atom. The summed E-state index contributed by atoms with van der Waals surface area (Å²) >= 11 is 0. The van der Waals surface area contributed by atoms with Crippen LogP contribution in [-0.2, 0) is 0 Å². The molecule has 0 aromatic heterocycles. The quantitative estimate of drug-likeness (QED) is 0.421. The zero-order valence-electron chi connectivity index (χ0n) is 8.04.